The van der Waals surface area contributed by atoms with Crippen LogP contribution in [0.1, 0.15) is 11.1 Å². The Morgan fingerprint density at radius 2 is 1.59 bits per heavy atom. The van der Waals surface area contributed by atoms with E-state index in [0.717, 1.165) is 22.9 Å². The minimum Gasteiger partial charge on any atom is -0.492 e. The number of thioether (sulfide) groups is 1. The molecule has 7 nitrogen and oxygen atoms in total. The summed E-state index contributed by atoms with van der Waals surface area (Å²) in [5, 5.41) is 1.85. The summed E-state index contributed by atoms with van der Waals surface area (Å²) in [5.74, 6) is 0.225. The lowest BCUT2D eigenvalue weighted by Crippen LogP contribution is -2.35. The van der Waals surface area contributed by atoms with E-state index < -0.39 is 12.0 Å². The molecule has 1 aliphatic rings. The van der Waals surface area contributed by atoms with Crippen LogP contribution in [0, 0.1) is 0 Å². The van der Waals surface area contributed by atoms with Gasteiger partial charge in [0.1, 0.15) is 19.0 Å². The third-order valence-corrected chi connectivity index (χ3v) is 5.71. The zero-order valence-electron chi connectivity index (χ0n) is 18.2. The highest BCUT2D eigenvalue weighted by Gasteiger charge is 2.24. The number of anilines is 1. The number of carbonyl (C=O) groups excluding carboxylic acids is 3. The summed E-state index contributed by atoms with van der Waals surface area (Å²) in [4.78, 5) is 37.6. The number of nitrogens with zero attached hydrogens (tertiary/aromatic N) is 1. The Labute approximate surface area is 201 Å². The Bertz CT molecular complexity index is 1180. The molecule has 0 aliphatic carbocycles. The van der Waals surface area contributed by atoms with E-state index >= 15 is 0 Å². The lowest BCUT2D eigenvalue weighted by molar-refractivity contribution is -0.115. The van der Waals surface area contributed by atoms with Gasteiger partial charge in [0.15, 0.2) is 0 Å². The molecular formula is C26H22N2O5S. The SMILES string of the molecule is O=C1NC(=O)/C(=C/c2ccc(OCCN(C(=O)OCc3ccccc3)c3ccccc3)cc2)S1. The molecule has 0 atom stereocenters. The molecule has 0 bridgehead atoms. The van der Waals surface area contributed by atoms with Gasteiger partial charge in [-0.25, -0.2) is 4.79 Å². The number of hydrogen-bond acceptors (Lipinski definition) is 6. The smallest absolute Gasteiger partial charge is 0.414 e. The minimum atomic E-state index is -0.456. The van der Waals surface area contributed by atoms with Gasteiger partial charge in [0.25, 0.3) is 11.1 Å². The van der Waals surface area contributed by atoms with Gasteiger partial charge in [-0.15, -0.1) is 0 Å². The summed E-state index contributed by atoms with van der Waals surface area (Å²) in [6, 6.07) is 25.9. The predicted octanol–water partition coefficient (Wildman–Crippen LogP) is 5.23. The molecule has 1 saturated heterocycles. The fourth-order valence-corrected chi connectivity index (χ4v) is 3.90. The fraction of sp³-hybridized carbons (Fsp3) is 0.115. The van der Waals surface area contributed by atoms with E-state index in [1.807, 2.05) is 60.7 Å². The topological polar surface area (TPSA) is 84.9 Å². The van der Waals surface area contributed by atoms with E-state index in [1.165, 1.54) is 4.90 Å². The standard InChI is InChI=1S/C26H22N2O5S/c29-24-23(34-25(30)27-24)17-19-11-13-22(14-12-19)32-16-15-28(21-9-5-2-6-10-21)26(31)33-18-20-7-3-1-4-8-20/h1-14,17H,15-16,18H2,(H,27,29,30)/b23-17-. The van der Waals surface area contributed by atoms with Crippen LogP contribution in [0.5, 0.6) is 5.75 Å². The van der Waals surface area contributed by atoms with Crippen LogP contribution in [0.4, 0.5) is 15.3 Å². The van der Waals surface area contributed by atoms with Crippen LogP contribution in [0.3, 0.4) is 0 Å². The van der Waals surface area contributed by atoms with Crippen LogP contribution < -0.4 is 15.0 Å². The van der Waals surface area contributed by atoms with Crippen LogP contribution in [0.25, 0.3) is 6.08 Å². The molecule has 1 N–H and O–H groups in total. The molecule has 0 radical (unpaired) electrons. The summed E-state index contributed by atoms with van der Waals surface area (Å²) in [7, 11) is 0. The molecule has 3 aromatic carbocycles. The van der Waals surface area contributed by atoms with Crippen LogP contribution >= 0.6 is 11.8 Å². The highest BCUT2D eigenvalue weighted by Crippen LogP contribution is 2.26. The molecule has 3 amide bonds. The normalized spacial score (nSPS) is 14.1. The van der Waals surface area contributed by atoms with Crippen molar-refractivity contribution < 1.29 is 23.9 Å². The molecule has 8 heteroatoms. The monoisotopic (exact) mass is 474 g/mol. The molecule has 172 valence electrons. The molecule has 0 aromatic heterocycles. The van der Waals surface area contributed by atoms with Gasteiger partial charge in [-0.3, -0.25) is 19.8 Å². The highest BCUT2D eigenvalue weighted by atomic mass is 32.2. The number of imide groups is 1. The van der Waals surface area contributed by atoms with E-state index in [1.54, 1.807) is 30.3 Å². The van der Waals surface area contributed by atoms with Gasteiger partial charge < -0.3 is 9.47 Å². The van der Waals surface area contributed by atoms with E-state index in [0.29, 0.717) is 22.9 Å². The average molecular weight is 475 g/mol. The van der Waals surface area contributed by atoms with Crippen molar-refractivity contribution in [2.75, 3.05) is 18.1 Å². The molecule has 4 rings (SSSR count). The van der Waals surface area contributed by atoms with Gasteiger partial charge in [0.2, 0.25) is 0 Å². The molecule has 34 heavy (non-hydrogen) atoms. The zero-order valence-corrected chi connectivity index (χ0v) is 19.0. The van der Waals surface area contributed by atoms with Gasteiger partial charge in [0.05, 0.1) is 11.4 Å². The number of rotatable bonds is 8. The lowest BCUT2D eigenvalue weighted by atomic mass is 10.2. The number of amides is 3. The Kier molecular flexibility index (Phi) is 7.62. The molecular weight excluding hydrogens is 452 g/mol. The number of ether oxygens (including phenoxy) is 2. The zero-order chi connectivity index (χ0) is 23.8. The third kappa shape index (κ3) is 6.26. The number of nitrogens with one attached hydrogen (secondary N) is 1. The predicted molar refractivity (Wildman–Crippen MR) is 131 cm³/mol. The van der Waals surface area contributed by atoms with Crippen molar-refractivity contribution in [3.63, 3.8) is 0 Å². The molecule has 1 aliphatic heterocycles. The summed E-state index contributed by atoms with van der Waals surface area (Å²) >= 11 is 0.874. The first-order valence-electron chi connectivity index (χ1n) is 10.6. The highest BCUT2D eigenvalue weighted by molar-refractivity contribution is 8.18. The minimum absolute atomic E-state index is 0.183. The van der Waals surface area contributed by atoms with Crippen LogP contribution in [0.2, 0.25) is 0 Å². The first kappa shape index (κ1) is 23.1. The van der Waals surface area contributed by atoms with Crippen molar-refractivity contribution in [2.45, 2.75) is 6.61 Å². The van der Waals surface area contributed by atoms with Crippen LogP contribution in [-0.2, 0) is 16.1 Å². The number of hydrogen-bond donors (Lipinski definition) is 1. The first-order chi connectivity index (χ1) is 16.6. The Morgan fingerprint density at radius 1 is 0.912 bits per heavy atom. The Balaban J connectivity index is 1.35. The maximum atomic E-state index is 12.8. The molecule has 0 saturated carbocycles. The number of benzene rings is 3. The average Bonchev–Trinajstić information content (AvgIpc) is 3.18. The van der Waals surface area contributed by atoms with Crippen molar-refractivity contribution in [3.05, 3.63) is 101 Å². The maximum Gasteiger partial charge on any atom is 0.414 e. The Morgan fingerprint density at radius 3 is 2.24 bits per heavy atom. The molecule has 1 heterocycles. The summed E-state index contributed by atoms with van der Waals surface area (Å²) in [6.07, 6.45) is 1.19. The quantitative estimate of drug-likeness (QED) is 0.450. The van der Waals surface area contributed by atoms with Crippen LogP contribution in [-0.4, -0.2) is 30.4 Å². The molecule has 3 aromatic rings. The van der Waals surface area contributed by atoms with Gasteiger partial charge >= 0.3 is 6.09 Å². The van der Waals surface area contributed by atoms with E-state index in [4.69, 9.17) is 9.47 Å². The van der Waals surface area contributed by atoms with Gasteiger partial charge in [-0.2, -0.15) is 0 Å². The lowest BCUT2D eigenvalue weighted by Gasteiger charge is -2.22. The fourth-order valence-electron chi connectivity index (χ4n) is 3.22. The molecule has 1 fully saturated rings. The Hall–Kier alpha value is -4.04. The van der Waals surface area contributed by atoms with Crippen molar-refractivity contribution in [3.8, 4) is 5.75 Å². The second-order valence-electron chi connectivity index (χ2n) is 7.30. The van der Waals surface area contributed by atoms with Gasteiger partial charge in [0, 0.05) is 5.69 Å². The largest absolute Gasteiger partial charge is 0.492 e. The van der Waals surface area contributed by atoms with Crippen molar-refractivity contribution in [1.82, 2.24) is 5.32 Å². The summed E-state index contributed by atoms with van der Waals surface area (Å²) < 4.78 is 11.3. The number of carbonyl (C=O) groups is 3. The van der Waals surface area contributed by atoms with Crippen molar-refractivity contribution in [2.24, 2.45) is 0 Å². The van der Waals surface area contributed by atoms with E-state index in [-0.39, 0.29) is 18.5 Å². The van der Waals surface area contributed by atoms with Crippen molar-refractivity contribution >= 4 is 40.8 Å². The second kappa shape index (κ2) is 11.2. The molecule has 0 spiro atoms. The van der Waals surface area contributed by atoms with Crippen LogP contribution in [0.15, 0.2) is 89.8 Å². The van der Waals surface area contributed by atoms with Gasteiger partial charge in [-0.05, 0) is 53.2 Å². The third-order valence-electron chi connectivity index (χ3n) is 4.90. The summed E-state index contributed by atoms with van der Waals surface area (Å²) in [6.45, 7) is 0.730. The van der Waals surface area contributed by atoms with Crippen molar-refractivity contribution in [1.29, 1.82) is 0 Å². The van der Waals surface area contributed by atoms with Gasteiger partial charge in [-0.1, -0.05) is 60.7 Å². The second-order valence-corrected chi connectivity index (χ2v) is 8.31. The van der Waals surface area contributed by atoms with E-state index in [2.05, 4.69) is 5.32 Å². The first-order valence-corrected chi connectivity index (χ1v) is 11.4. The maximum absolute atomic E-state index is 12.8. The molecule has 0 unspecified atom stereocenters. The summed E-state index contributed by atoms with van der Waals surface area (Å²) in [5.41, 5.74) is 2.40. The number of para-hydroxylation sites is 1. The van der Waals surface area contributed by atoms with E-state index in [9.17, 15) is 14.4 Å².